The van der Waals surface area contributed by atoms with Gasteiger partial charge in [0.1, 0.15) is 0 Å². The number of urea groups is 1. The molecule has 0 spiro atoms. The maximum Gasteiger partial charge on any atom is 0.317 e. The van der Waals surface area contributed by atoms with Gasteiger partial charge < -0.3 is 15.3 Å². The van der Waals surface area contributed by atoms with Crippen molar-refractivity contribution in [1.29, 1.82) is 0 Å². The minimum Gasteiger partial charge on any atom is -0.481 e. The fraction of sp³-hybridized carbons (Fsp3) is 0.857. The average molecular weight is 272 g/mol. The Labute approximate surface area is 116 Å². The van der Waals surface area contributed by atoms with E-state index in [2.05, 4.69) is 19.2 Å². The van der Waals surface area contributed by atoms with E-state index in [1.165, 1.54) is 0 Å². The number of carbonyl (C=O) groups excluding carboxylic acids is 1. The Kier molecular flexibility index (Phi) is 9.94. The van der Waals surface area contributed by atoms with Crippen LogP contribution in [0.25, 0.3) is 0 Å². The Morgan fingerprint density at radius 2 is 1.79 bits per heavy atom. The molecule has 0 fully saturated rings. The molecule has 0 aromatic heterocycles. The summed E-state index contributed by atoms with van der Waals surface area (Å²) >= 11 is 0. The second-order valence-corrected chi connectivity index (χ2v) is 4.80. The Bertz CT molecular complexity index is 265. The van der Waals surface area contributed by atoms with Gasteiger partial charge in [0.25, 0.3) is 0 Å². The first-order valence-corrected chi connectivity index (χ1v) is 7.29. The number of aliphatic carboxylic acids is 1. The Balaban J connectivity index is 3.91. The molecular weight excluding hydrogens is 244 g/mol. The van der Waals surface area contributed by atoms with Crippen LogP contribution in [0.2, 0.25) is 0 Å². The van der Waals surface area contributed by atoms with Crippen molar-refractivity contribution in [1.82, 2.24) is 10.2 Å². The van der Waals surface area contributed by atoms with Crippen LogP contribution in [-0.2, 0) is 4.79 Å². The smallest absolute Gasteiger partial charge is 0.317 e. The van der Waals surface area contributed by atoms with Gasteiger partial charge >= 0.3 is 12.0 Å². The molecule has 19 heavy (non-hydrogen) atoms. The van der Waals surface area contributed by atoms with E-state index >= 15 is 0 Å². The van der Waals surface area contributed by atoms with Gasteiger partial charge in [-0.1, -0.05) is 26.7 Å². The van der Waals surface area contributed by atoms with Crippen molar-refractivity contribution >= 4 is 12.0 Å². The molecule has 0 aliphatic heterocycles. The number of amides is 2. The van der Waals surface area contributed by atoms with E-state index in [-0.39, 0.29) is 12.5 Å². The molecule has 0 atom stereocenters. The Morgan fingerprint density at radius 3 is 2.26 bits per heavy atom. The number of hydrogen-bond acceptors (Lipinski definition) is 2. The van der Waals surface area contributed by atoms with Crippen molar-refractivity contribution in [3.63, 3.8) is 0 Å². The highest BCUT2D eigenvalue weighted by atomic mass is 16.4. The third kappa shape index (κ3) is 8.46. The molecule has 0 rings (SSSR count). The van der Waals surface area contributed by atoms with E-state index in [4.69, 9.17) is 5.11 Å². The van der Waals surface area contributed by atoms with Gasteiger partial charge in [0.15, 0.2) is 0 Å². The summed E-state index contributed by atoms with van der Waals surface area (Å²) < 4.78 is 0. The number of carboxylic acid groups (broad SMARTS) is 1. The summed E-state index contributed by atoms with van der Waals surface area (Å²) in [6.07, 6.45) is 3.65. The van der Waals surface area contributed by atoms with Crippen LogP contribution in [0.1, 0.15) is 52.9 Å². The number of unbranched alkanes of at least 4 members (excludes halogenated alkanes) is 1. The Morgan fingerprint density at radius 1 is 1.16 bits per heavy atom. The SMILES string of the molecule is CCC(CC)CN(CC)C(=O)NCCCCC(=O)O. The van der Waals surface area contributed by atoms with Crippen molar-refractivity contribution in [3.05, 3.63) is 0 Å². The molecular formula is C14H28N2O3. The van der Waals surface area contributed by atoms with Gasteiger partial charge in [-0.3, -0.25) is 4.79 Å². The van der Waals surface area contributed by atoms with Gasteiger partial charge in [-0.05, 0) is 25.7 Å². The number of nitrogens with zero attached hydrogens (tertiary/aromatic N) is 1. The molecule has 0 unspecified atom stereocenters. The predicted octanol–water partition coefficient (Wildman–Crippen LogP) is 2.71. The molecule has 0 radical (unpaired) electrons. The molecule has 2 amide bonds. The molecule has 0 aliphatic rings. The van der Waals surface area contributed by atoms with Crippen LogP contribution in [-0.4, -0.2) is 41.6 Å². The second-order valence-electron chi connectivity index (χ2n) is 4.80. The number of hydrogen-bond donors (Lipinski definition) is 2. The zero-order valence-corrected chi connectivity index (χ0v) is 12.4. The molecule has 0 aromatic carbocycles. The molecule has 0 saturated carbocycles. The van der Waals surface area contributed by atoms with Crippen LogP contribution in [0.3, 0.4) is 0 Å². The summed E-state index contributed by atoms with van der Waals surface area (Å²) in [6.45, 7) is 8.32. The maximum atomic E-state index is 11.9. The van der Waals surface area contributed by atoms with Gasteiger partial charge in [-0.2, -0.15) is 0 Å². The highest BCUT2D eigenvalue weighted by Gasteiger charge is 2.14. The van der Waals surface area contributed by atoms with Crippen molar-refractivity contribution in [3.8, 4) is 0 Å². The zero-order valence-electron chi connectivity index (χ0n) is 12.4. The lowest BCUT2D eigenvalue weighted by molar-refractivity contribution is -0.137. The predicted molar refractivity (Wildman–Crippen MR) is 76.2 cm³/mol. The summed E-state index contributed by atoms with van der Waals surface area (Å²) in [5.41, 5.74) is 0. The number of carbonyl (C=O) groups is 2. The van der Waals surface area contributed by atoms with Crippen molar-refractivity contribution < 1.29 is 14.7 Å². The normalized spacial score (nSPS) is 10.5. The lowest BCUT2D eigenvalue weighted by Crippen LogP contribution is -2.42. The van der Waals surface area contributed by atoms with E-state index in [1.54, 1.807) is 0 Å². The topological polar surface area (TPSA) is 69.6 Å². The van der Waals surface area contributed by atoms with Crippen LogP contribution >= 0.6 is 0 Å². The number of rotatable bonds is 10. The van der Waals surface area contributed by atoms with Gasteiger partial charge in [-0.25, -0.2) is 4.79 Å². The molecule has 0 saturated heterocycles. The van der Waals surface area contributed by atoms with Gasteiger partial charge in [0.05, 0.1) is 0 Å². The highest BCUT2D eigenvalue weighted by Crippen LogP contribution is 2.09. The van der Waals surface area contributed by atoms with E-state index in [0.29, 0.717) is 31.8 Å². The minimum absolute atomic E-state index is 0.0373. The quantitative estimate of drug-likeness (QED) is 0.601. The lowest BCUT2D eigenvalue weighted by atomic mass is 10.0. The van der Waals surface area contributed by atoms with Crippen molar-refractivity contribution in [2.45, 2.75) is 52.9 Å². The number of nitrogens with one attached hydrogen (secondary N) is 1. The lowest BCUT2D eigenvalue weighted by Gasteiger charge is -2.25. The van der Waals surface area contributed by atoms with Crippen LogP contribution in [0, 0.1) is 5.92 Å². The maximum absolute atomic E-state index is 11.9. The van der Waals surface area contributed by atoms with E-state index in [0.717, 1.165) is 19.4 Å². The van der Waals surface area contributed by atoms with E-state index < -0.39 is 5.97 Å². The largest absolute Gasteiger partial charge is 0.481 e. The standard InChI is InChI=1S/C14H28N2O3/c1-4-12(5-2)11-16(6-3)14(19)15-10-8-7-9-13(17)18/h12H,4-11H2,1-3H3,(H,15,19)(H,17,18). The zero-order chi connectivity index (χ0) is 14.7. The third-order valence-electron chi connectivity index (χ3n) is 3.40. The molecule has 0 heterocycles. The molecule has 2 N–H and O–H groups in total. The van der Waals surface area contributed by atoms with Crippen molar-refractivity contribution in [2.24, 2.45) is 5.92 Å². The van der Waals surface area contributed by atoms with Crippen LogP contribution in [0.5, 0.6) is 0 Å². The number of carboxylic acids is 1. The highest BCUT2D eigenvalue weighted by molar-refractivity contribution is 5.74. The fourth-order valence-electron chi connectivity index (χ4n) is 1.92. The first kappa shape index (κ1) is 17.7. The van der Waals surface area contributed by atoms with Crippen LogP contribution < -0.4 is 5.32 Å². The molecule has 5 nitrogen and oxygen atoms in total. The summed E-state index contributed by atoms with van der Waals surface area (Å²) in [7, 11) is 0. The molecule has 0 bridgehead atoms. The van der Waals surface area contributed by atoms with Crippen molar-refractivity contribution in [2.75, 3.05) is 19.6 Å². The third-order valence-corrected chi connectivity index (χ3v) is 3.40. The minimum atomic E-state index is -0.782. The summed E-state index contributed by atoms with van der Waals surface area (Å²) in [5.74, 6) is -0.229. The van der Waals surface area contributed by atoms with Crippen LogP contribution in [0.15, 0.2) is 0 Å². The fourth-order valence-corrected chi connectivity index (χ4v) is 1.92. The first-order valence-electron chi connectivity index (χ1n) is 7.29. The molecule has 112 valence electrons. The van der Waals surface area contributed by atoms with E-state index in [1.807, 2.05) is 11.8 Å². The molecule has 5 heteroatoms. The Hall–Kier alpha value is -1.26. The van der Waals surface area contributed by atoms with E-state index in [9.17, 15) is 9.59 Å². The summed E-state index contributed by atoms with van der Waals surface area (Å²) in [6, 6.07) is -0.0373. The van der Waals surface area contributed by atoms with Crippen LogP contribution in [0.4, 0.5) is 4.79 Å². The van der Waals surface area contributed by atoms with Gasteiger partial charge in [0, 0.05) is 26.1 Å². The molecule has 0 aromatic rings. The summed E-state index contributed by atoms with van der Waals surface area (Å²) in [4.78, 5) is 24.1. The monoisotopic (exact) mass is 272 g/mol. The summed E-state index contributed by atoms with van der Waals surface area (Å²) in [5, 5.41) is 11.4. The second kappa shape index (κ2) is 10.6. The van der Waals surface area contributed by atoms with Gasteiger partial charge in [-0.15, -0.1) is 0 Å². The average Bonchev–Trinajstić information content (AvgIpc) is 2.39. The molecule has 0 aliphatic carbocycles. The first-order chi connectivity index (χ1) is 9.04. The van der Waals surface area contributed by atoms with Gasteiger partial charge in [0.2, 0.25) is 0 Å².